The molecule has 0 aliphatic rings. The molecule has 0 atom stereocenters. The van der Waals surface area contributed by atoms with Crippen LogP contribution >= 0.6 is 11.3 Å². The Bertz CT molecular complexity index is 766. The summed E-state index contributed by atoms with van der Waals surface area (Å²) in [5.41, 5.74) is 6.86. The van der Waals surface area contributed by atoms with Gasteiger partial charge in [0.2, 0.25) is 0 Å². The van der Waals surface area contributed by atoms with Crippen molar-refractivity contribution in [3.05, 3.63) is 40.3 Å². The third kappa shape index (κ3) is 6.21. The summed E-state index contributed by atoms with van der Waals surface area (Å²) < 4.78 is 41.2. The monoisotopic (exact) mass is 386 g/mol. The Morgan fingerprint density at radius 1 is 1.27 bits per heavy atom. The minimum absolute atomic E-state index is 0.0100. The topological polar surface area (TPSA) is 72.5 Å². The lowest BCUT2D eigenvalue weighted by Crippen LogP contribution is -2.24. The summed E-state index contributed by atoms with van der Waals surface area (Å²) in [4.78, 5) is 8.70. The number of rotatable bonds is 5. The molecule has 3 N–H and O–H groups in total. The van der Waals surface area contributed by atoms with Crippen molar-refractivity contribution in [3.8, 4) is 5.75 Å². The number of alkyl halides is 3. The van der Waals surface area contributed by atoms with Gasteiger partial charge in [-0.05, 0) is 12.1 Å². The summed E-state index contributed by atoms with van der Waals surface area (Å²) >= 11 is 1.55. The number of nitrogens with two attached hydrogens (primary N) is 1. The summed E-state index contributed by atoms with van der Waals surface area (Å²) in [6.07, 6.45) is -4.18. The average molecular weight is 386 g/mol. The van der Waals surface area contributed by atoms with E-state index >= 15 is 0 Å². The molecule has 5 nitrogen and oxygen atoms in total. The van der Waals surface area contributed by atoms with E-state index in [1.165, 1.54) is 18.2 Å². The number of para-hydroxylation sites is 2. The Morgan fingerprint density at radius 2 is 1.96 bits per heavy atom. The first-order chi connectivity index (χ1) is 12.0. The largest absolute Gasteiger partial charge is 0.573 e. The number of anilines is 1. The zero-order chi connectivity index (χ0) is 19.4. The van der Waals surface area contributed by atoms with E-state index in [4.69, 9.17) is 5.73 Å². The molecule has 1 heterocycles. The first-order valence-corrected chi connectivity index (χ1v) is 8.79. The van der Waals surface area contributed by atoms with E-state index in [9.17, 15) is 13.2 Å². The van der Waals surface area contributed by atoms with Crippen molar-refractivity contribution in [2.24, 2.45) is 10.7 Å². The smallest absolute Gasteiger partial charge is 0.404 e. The molecule has 0 bridgehead atoms. The SMILES string of the molecule is CC(C)(C)c1csc(CCN=C(N)Nc2ccccc2OC(F)(F)F)n1. The molecule has 0 saturated carbocycles. The minimum atomic E-state index is -4.78. The van der Waals surface area contributed by atoms with Gasteiger partial charge in [-0.2, -0.15) is 0 Å². The fourth-order valence-corrected chi connectivity index (χ4v) is 3.02. The summed E-state index contributed by atoms with van der Waals surface area (Å²) in [7, 11) is 0. The van der Waals surface area contributed by atoms with E-state index in [1.54, 1.807) is 17.4 Å². The van der Waals surface area contributed by atoms with Crippen LogP contribution in [-0.2, 0) is 11.8 Å². The molecule has 1 aromatic carbocycles. The van der Waals surface area contributed by atoms with Gasteiger partial charge >= 0.3 is 6.36 Å². The van der Waals surface area contributed by atoms with Gasteiger partial charge in [-0.25, -0.2) is 4.98 Å². The van der Waals surface area contributed by atoms with Gasteiger partial charge in [-0.15, -0.1) is 24.5 Å². The van der Waals surface area contributed by atoms with Gasteiger partial charge in [0.15, 0.2) is 11.7 Å². The number of hydrogen-bond donors (Lipinski definition) is 2. The van der Waals surface area contributed by atoms with Crippen LogP contribution < -0.4 is 15.8 Å². The highest BCUT2D eigenvalue weighted by molar-refractivity contribution is 7.09. The molecule has 0 unspecified atom stereocenters. The quantitative estimate of drug-likeness (QED) is 0.593. The fourth-order valence-electron chi connectivity index (χ4n) is 2.00. The molecule has 0 spiro atoms. The second kappa shape index (κ2) is 7.94. The predicted octanol–water partition coefficient (Wildman–Crippen LogP) is 4.31. The zero-order valence-corrected chi connectivity index (χ0v) is 15.5. The second-order valence-electron chi connectivity index (χ2n) is 6.56. The van der Waals surface area contributed by atoms with Gasteiger partial charge in [0.05, 0.1) is 16.4 Å². The Kier molecular flexibility index (Phi) is 6.12. The number of benzene rings is 1. The van der Waals surface area contributed by atoms with Crippen LogP contribution in [0.3, 0.4) is 0 Å². The molecule has 1 aromatic heterocycles. The van der Waals surface area contributed by atoms with Crippen LogP contribution in [0.5, 0.6) is 5.75 Å². The first-order valence-electron chi connectivity index (χ1n) is 7.91. The van der Waals surface area contributed by atoms with Crippen molar-refractivity contribution in [2.45, 2.75) is 39.0 Å². The molecular weight excluding hydrogens is 365 g/mol. The molecule has 2 rings (SSSR count). The van der Waals surface area contributed by atoms with Crippen molar-refractivity contribution in [2.75, 3.05) is 11.9 Å². The Balaban J connectivity index is 1.96. The number of hydrogen-bond acceptors (Lipinski definition) is 4. The summed E-state index contributed by atoms with van der Waals surface area (Å²) in [6, 6.07) is 5.64. The van der Waals surface area contributed by atoms with E-state index in [2.05, 4.69) is 40.8 Å². The van der Waals surface area contributed by atoms with E-state index in [0.717, 1.165) is 10.7 Å². The van der Waals surface area contributed by atoms with Gasteiger partial charge < -0.3 is 15.8 Å². The van der Waals surface area contributed by atoms with E-state index in [-0.39, 0.29) is 22.8 Å². The number of aliphatic imine (C=N–C) groups is 1. The molecule has 0 aliphatic carbocycles. The van der Waals surface area contributed by atoms with Crippen LogP contribution in [0.25, 0.3) is 0 Å². The predicted molar refractivity (Wildman–Crippen MR) is 97.8 cm³/mol. The molecule has 0 aliphatic heterocycles. The van der Waals surface area contributed by atoms with E-state index in [1.807, 2.05) is 5.38 Å². The maximum absolute atomic E-state index is 12.4. The normalized spacial score (nSPS) is 12.9. The zero-order valence-electron chi connectivity index (χ0n) is 14.7. The van der Waals surface area contributed by atoms with Crippen molar-refractivity contribution < 1.29 is 17.9 Å². The molecular formula is C17H21F3N4OS. The summed E-state index contributed by atoms with van der Waals surface area (Å²) in [6.45, 7) is 6.64. The number of ether oxygens (including phenoxy) is 1. The Morgan fingerprint density at radius 3 is 2.58 bits per heavy atom. The van der Waals surface area contributed by atoms with Crippen molar-refractivity contribution in [1.29, 1.82) is 0 Å². The van der Waals surface area contributed by atoms with Crippen LogP contribution in [0.1, 0.15) is 31.5 Å². The average Bonchev–Trinajstić information content (AvgIpc) is 2.97. The van der Waals surface area contributed by atoms with Gasteiger partial charge in [0, 0.05) is 23.8 Å². The fraction of sp³-hybridized carbons (Fsp3) is 0.412. The number of nitrogens with one attached hydrogen (secondary N) is 1. The van der Waals surface area contributed by atoms with Crippen molar-refractivity contribution >= 4 is 23.0 Å². The lowest BCUT2D eigenvalue weighted by atomic mass is 9.93. The number of aromatic nitrogens is 1. The van der Waals surface area contributed by atoms with E-state index < -0.39 is 6.36 Å². The summed E-state index contributed by atoms with van der Waals surface area (Å²) in [5.74, 6) is -0.358. The third-order valence-corrected chi connectivity index (χ3v) is 4.21. The highest BCUT2D eigenvalue weighted by Gasteiger charge is 2.32. The number of halogens is 3. The highest BCUT2D eigenvalue weighted by atomic mass is 32.1. The van der Waals surface area contributed by atoms with Gasteiger partial charge in [-0.1, -0.05) is 32.9 Å². The first kappa shape index (κ1) is 20.0. The van der Waals surface area contributed by atoms with Crippen molar-refractivity contribution in [3.63, 3.8) is 0 Å². The molecule has 0 saturated heterocycles. The van der Waals surface area contributed by atoms with Gasteiger partial charge in [0.1, 0.15) is 0 Å². The molecule has 9 heteroatoms. The maximum Gasteiger partial charge on any atom is 0.573 e. The lowest BCUT2D eigenvalue weighted by Gasteiger charge is -2.14. The standard InChI is InChI=1S/C17H21F3N4OS/c1-16(2,3)13-10-26-14(24-13)8-9-22-15(21)23-11-6-4-5-7-12(11)25-17(18,19)20/h4-7,10H,8-9H2,1-3H3,(H3,21,22,23). The molecule has 2 aromatic rings. The molecule has 0 amide bonds. The molecule has 26 heavy (non-hydrogen) atoms. The Labute approximate surface area is 154 Å². The van der Waals surface area contributed by atoms with Crippen LogP contribution in [0.4, 0.5) is 18.9 Å². The Hall–Kier alpha value is -2.29. The lowest BCUT2D eigenvalue weighted by molar-refractivity contribution is -0.274. The van der Waals surface area contributed by atoms with Gasteiger partial charge in [0.25, 0.3) is 0 Å². The number of thiazole rings is 1. The van der Waals surface area contributed by atoms with Crippen LogP contribution in [0, 0.1) is 0 Å². The molecule has 0 fully saturated rings. The van der Waals surface area contributed by atoms with Gasteiger partial charge in [-0.3, -0.25) is 4.99 Å². The molecule has 0 radical (unpaired) electrons. The van der Waals surface area contributed by atoms with Crippen LogP contribution in [-0.4, -0.2) is 23.9 Å². The number of guanidine groups is 1. The molecule has 142 valence electrons. The maximum atomic E-state index is 12.4. The third-order valence-electron chi connectivity index (χ3n) is 3.30. The van der Waals surface area contributed by atoms with Crippen LogP contribution in [0.2, 0.25) is 0 Å². The van der Waals surface area contributed by atoms with Crippen molar-refractivity contribution in [1.82, 2.24) is 4.98 Å². The summed E-state index contributed by atoms with van der Waals surface area (Å²) in [5, 5.41) is 5.59. The second-order valence-corrected chi connectivity index (χ2v) is 7.51. The number of nitrogens with zero attached hydrogens (tertiary/aromatic N) is 2. The van der Waals surface area contributed by atoms with Crippen LogP contribution in [0.15, 0.2) is 34.6 Å². The van der Waals surface area contributed by atoms with E-state index in [0.29, 0.717) is 13.0 Å². The highest BCUT2D eigenvalue weighted by Crippen LogP contribution is 2.29. The minimum Gasteiger partial charge on any atom is -0.404 e.